The molecule has 1 aromatic heterocycles. The van der Waals surface area contributed by atoms with Gasteiger partial charge in [-0.15, -0.1) is 20.4 Å². The molecule has 0 radical (unpaired) electrons. The van der Waals surface area contributed by atoms with Crippen LogP contribution in [0.4, 0.5) is 5.69 Å². The van der Waals surface area contributed by atoms with Crippen molar-refractivity contribution in [2.45, 2.75) is 150 Å². The molecule has 2 amide bonds. The SMILES string of the molecule is CCN1C2C=C3C(=C(c4ccccc4C(=O)N(C)CCCC(=O)NCCOCCOCCOCCOCCC(=NCc4ccc(-c5nnc(C)nn5)cc4)C4=C(O)CC(C)(C)CC4=O)c4cc5c6c(c4C3(C)C)CCCN6CCC5)C=C2C(C)CC1(C)C. The van der Waals surface area contributed by atoms with Gasteiger partial charge in [-0.2, -0.15) is 0 Å². The number of benzene rings is 3. The predicted octanol–water partition coefficient (Wildman–Crippen LogP) is 10.7. The highest BCUT2D eigenvalue weighted by Crippen LogP contribution is 2.57. The van der Waals surface area contributed by atoms with Gasteiger partial charge < -0.3 is 39.2 Å². The van der Waals surface area contributed by atoms with Gasteiger partial charge >= 0.3 is 0 Å². The van der Waals surface area contributed by atoms with E-state index in [1.165, 1.54) is 50.2 Å². The number of aryl methyl sites for hydroxylation is 2. The Kier molecular flexibility index (Phi) is 20.4. The minimum atomic E-state index is -0.328. The molecule has 0 bridgehead atoms. The molecule has 3 aliphatic carbocycles. The zero-order valence-corrected chi connectivity index (χ0v) is 53.9. The van der Waals surface area contributed by atoms with Gasteiger partial charge in [-0.25, -0.2) is 0 Å². The Hall–Kier alpha value is -6.76. The third-order valence-electron chi connectivity index (χ3n) is 18.7. The number of fused-ring (bicyclic) bond motifs is 4. The van der Waals surface area contributed by atoms with Crippen LogP contribution < -0.4 is 10.2 Å². The van der Waals surface area contributed by atoms with Crippen LogP contribution in [0.3, 0.4) is 0 Å². The molecule has 4 aromatic rings. The number of likely N-dealkylation sites (tertiary alicyclic amines) is 1. The number of allylic oxidation sites excluding steroid dienone is 5. The molecule has 1 fully saturated rings. The second kappa shape index (κ2) is 28.0. The van der Waals surface area contributed by atoms with Crippen molar-refractivity contribution in [2.75, 3.05) is 97.5 Å². The van der Waals surface area contributed by atoms with Gasteiger partial charge in [0.1, 0.15) is 5.76 Å². The summed E-state index contributed by atoms with van der Waals surface area (Å²) in [7, 11) is 1.86. The second-order valence-corrected chi connectivity index (χ2v) is 26.7. The van der Waals surface area contributed by atoms with E-state index in [0.29, 0.717) is 139 Å². The van der Waals surface area contributed by atoms with Crippen LogP contribution in [0.2, 0.25) is 0 Å². The monoisotopic (exact) mass is 1200 g/mol. The molecular weight excluding hydrogens is 1110 g/mol. The molecule has 4 heterocycles. The summed E-state index contributed by atoms with van der Waals surface area (Å²) in [5.74, 6) is 1.17. The fourth-order valence-corrected chi connectivity index (χ4v) is 14.6. The normalized spacial score (nSPS) is 20.2. The maximum atomic E-state index is 14.8. The Bertz CT molecular complexity index is 3380. The number of hydrogen-bond acceptors (Lipinski definition) is 15. The molecule has 2 N–H and O–H groups in total. The van der Waals surface area contributed by atoms with Gasteiger partial charge in [0, 0.05) is 86.7 Å². The molecule has 2 unspecified atom stereocenters. The van der Waals surface area contributed by atoms with Crippen LogP contribution in [0.25, 0.3) is 17.0 Å². The maximum absolute atomic E-state index is 14.8. The van der Waals surface area contributed by atoms with Gasteiger partial charge in [0.2, 0.25) is 11.7 Å². The van der Waals surface area contributed by atoms with Gasteiger partial charge in [0.15, 0.2) is 11.6 Å². The van der Waals surface area contributed by atoms with Crippen molar-refractivity contribution < 1.29 is 38.4 Å². The average Bonchev–Trinajstić information content (AvgIpc) is 0.711. The van der Waals surface area contributed by atoms with Gasteiger partial charge in [0.25, 0.3) is 5.91 Å². The number of Topliss-reactive ketones (excluding diaryl/α,β-unsaturated/α-hetero) is 1. The number of carbonyl (C=O) groups excluding carboxylic acids is 3. The number of aliphatic hydroxyl groups is 1. The summed E-state index contributed by atoms with van der Waals surface area (Å²) in [5, 5.41) is 30.2. The Balaban J connectivity index is 0.653. The first-order valence-electron chi connectivity index (χ1n) is 32.2. The number of aromatic nitrogens is 4. The van der Waals surface area contributed by atoms with Crippen LogP contribution in [-0.2, 0) is 53.3 Å². The number of piperidine rings is 1. The molecule has 6 aliphatic rings. The topological polar surface area (TPSA) is 194 Å². The van der Waals surface area contributed by atoms with E-state index in [1.807, 2.05) is 57.3 Å². The van der Waals surface area contributed by atoms with Crippen LogP contribution in [0.1, 0.15) is 156 Å². The van der Waals surface area contributed by atoms with Crippen molar-refractivity contribution in [3.05, 3.63) is 140 Å². The number of nitrogens with zero attached hydrogens (tertiary/aromatic N) is 8. The van der Waals surface area contributed by atoms with Crippen molar-refractivity contribution >= 4 is 34.6 Å². The van der Waals surface area contributed by atoms with Crippen LogP contribution in [0.15, 0.2) is 99.8 Å². The van der Waals surface area contributed by atoms with Gasteiger partial charge in [-0.1, -0.05) is 96.2 Å². The lowest BCUT2D eigenvalue weighted by molar-refractivity contribution is -0.121. The lowest BCUT2D eigenvalue weighted by Gasteiger charge is -2.53. The highest BCUT2D eigenvalue weighted by Gasteiger charge is 2.48. The molecule has 0 saturated carbocycles. The van der Waals surface area contributed by atoms with Crippen LogP contribution >= 0.6 is 0 Å². The first kappa shape index (κ1) is 64.2. The lowest BCUT2D eigenvalue weighted by atomic mass is 9.59. The Morgan fingerprint density at radius 3 is 2.19 bits per heavy atom. The van der Waals surface area contributed by atoms with E-state index in [9.17, 15) is 19.5 Å². The third-order valence-corrected chi connectivity index (χ3v) is 18.7. The zero-order chi connectivity index (χ0) is 62.3. The van der Waals surface area contributed by atoms with Crippen LogP contribution in [0, 0.1) is 18.3 Å². The quantitative estimate of drug-likeness (QED) is 0.0445. The summed E-state index contributed by atoms with van der Waals surface area (Å²) < 4.78 is 23.0. The average molecular weight is 1200 g/mol. The number of amides is 2. The van der Waals surface area contributed by atoms with E-state index in [0.717, 1.165) is 68.4 Å². The van der Waals surface area contributed by atoms with Crippen molar-refractivity contribution in [1.82, 2.24) is 35.5 Å². The van der Waals surface area contributed by atoms with E-state index >= 15 is 0 Å². The lowest BCUT2D eigenvalue weighted by Crippen LogP contribution is -2.56. The Labute approximate surface area is 521 Å². The summed E-state index contributed by atoms with van der Waals surface area (Å²) in [6.45, 7) is 27.3. The van der Waals surface area contributed by atoms with E-state index in [-0.39, 0.29) is 45.8 Å². The summed E-state index contributed by atoms with van der Waals surface area (Å²) in [6, 6.07) is 18.6. The number of nitrogens with one attached hydrogen (secondary N) is 1. The molecular formula is C71H93N9O8. The predicted molar refractivity (Wildman–Crippen MR) is 345 cm³/mol. The molecule has 470 valence electrons. The van der Waals surface area contributed by atoms with Crippen LogP contribution in [0.5, 0.6) is 0 Å². The number of rotatable bonds is 26. The highest BCUT2D eigenvalue weighted by molar-refractivity contribution is 6.23. The molecule has 3 aromatic carbocycles. The third kappa shape index (κ3) is 14.3. The van der Waals surface area contributed by atoms with E-state index in [1.54, 1.807) is 11.8 Å². The second-order valence-electron chi connectivity index (χ2n) is 26.7. The first-order valence-corrected chi connectivity index (χ1v) is 32.2. The van der Waals surface area contributed by atoms with E-state index in [2.05, 4.69) is 107 Å². The Morgan fingerprint density at radius 1 is 0.830 bits per heavy atom. The van der Waals surface area contributed by atoms with Crippen molar-refractivity contribution in [3.8, 4) is 11.4 Å². The van der Waals surface area contributed by atoms with Gasteiger partial charge in [0.05, 0.1) is 76.7 Å². The molecule has 17 heteroatoms. The van der Waals surface area contributed by atoms with E-state index < -0.39 is 0 Å². The van der Waals surface area contributed by atoms with Crippen molar-refractivity contribution in [1.29, 1.82) is 0 Å². The summed E-state index contributed by atoms with van der Waals surface area (Å²) in [4.78, 5) is 53.1. The number of ether oxygens (including phenoxy) is 4. The number of hydrogen-bond donors (Lipinski definition) is 2. The molecule has 0 spiro atoms. The smallest absolute Gasteiger partial charge is 0.254 e. The van der Waals surface area contributed by atoms with Gasteiger partial charge in [-0.05, 0) is 145 Å². The number of carbonyl (C=O) groups is 3. The molecule has 3 aliphatic heterocycles. The summed E-state index contributed by atoms with van der Waals surface area (Å²) in [5.41, 5.74) is 16.1. The number of likely N-dealkylation sites (N-methyl/N-ethyl adjacent to an activating group) is 1. The first-order chi connectivity index (χ1) is 42.3. The number of anilines is 1. The number of aliphatic imine (C=N–C) groups is 1. The van der Waals surface area contributed by atoms with E-state index in [4.69, 9.17) is 23.9 Å². The largest absolute Gasteiger partial charge is 0.511 e. The molecule has 10 rings (SSSR count). The fraction of sp³-hybridized carbons (Fsp3) is 0.549. The molecule has 1 saturated heterocycles. The zero-order valence-electron chi connectivity index (χ0n) is 53.9. The standard InChI is InChI=1S/C71H93N9O8/c1-11-80-59-41-57-55(40-54(59)46(2)42-70(80,6)7)63(56-39-50-17-14-29-79-30-15-20-53(66(50)79)65(56)71(57,8)9)51-18-12-13-19-52(51)68(84)78(10)28-16-21-62(83)72-27-32-86-34-36-88-38-37-87-35-33-85-31-26-58(64-60(81)43-69(4,5)44-61(64)82)73-45-48-22-24-49(25-23-48)67-76-74-47(3)75-77-67/h12-13,18-19,22-25,39-41,46,59,81H,11,14-17,20-21,26-38,42-45H2,1-10H3,(H,72,83). The van der Waals surface area contributed by atoms with Crippen LogP contribution in [-0.4, -0.2) is 163 Å². The molecule has 17 nitrogen and oxygen atoms in total. The minimum Gasteiger partial charge on any atom is -0.511 e. The Morgan fingerprint density at radius 2 is 1.50 bits per heavy atom. The number of aliphatic hydroxyl groups excluding tert-OH is 1. The molecule has 2 atom stereocenters. The highest BCUT2D eigenvalue weighted by atomic mass is 16.6. The van der Waals surface area contributed by atoms with Crippen molar-refractivity contribution in [3.63, 3.8) is 0 Å². The summed E-state index contributed by atoms with van der Waals surface area (Å²) in [6.07, 6.45) is 12.6. The van der Waals surface area contributed by atoms with Crippen molar-refractivity contribution in [2.24, 2.45) is 16.3 Å². The molecule has 88 heavy (non-hydrogen) atoms. The minimum absolute atomic E-state index is 0.0424. The fourth-order valence-electron chi connectivity index (χ4n) is 14.6. The van der Waals surface area contributed by atoms with Gasteiger partial charge in [-0.3, -0.25) is 24.3 Å². The summed E-state index contributed by atoms with van der Waals surface area (Å²) >= 11 is 0. The number of ketones is 1. The maximum Gasteiger partial charge on any atom is 0.254 e.